The Kier molecular flexibility index (Phi) is 2.76. The highest BCUT2D eigenvalue weighted by molar-refractivity contribution is 7.98. The van der Waals surface area contributed by atoms with Crippen molar-refractivity contribution >= 4 is 24.0 Å². The Bertz CT molecular complexity index is 632. The molecule has 1 aliphatic rings. The van der Waals surface area contributed by atoms with Crippen molar-refractivity contribution in [1.82, 2.24) is 9.97 Å². The minimum atomic E-state index is 0.750. The summed E-state index contributed by atoms with van der Waals surface area (Å²) >= 11 is 7.24. The fraction of sp³-hybridized carbons (Fsp3) is 0.231. The molecule has 86 valence electrons. The lowest BCUT2D eigenvalue weighted by atomic mass is 10.1. The van der Waals surface area contributed by atoms with Crippen LogP contribution in [-0.2, 0) is 11.5 Å². The Labute approximate surface area is 109 Å². The van der Waals surface area contributed by atoms with Gasteiger partial charge in [-0.3, -0.25) is 0 Å². The third-order valence-corrected chi connectivity index (χ3v) is 4.21. The van der Waals surface area contributed by atoms with Gasteiger partial charge in [-0.25, -0.2) is 4.98 Å². The zero-order valence-electron chi connectivity index (χ0n) is 9.49. The molecule has 1 aliphatic heterocycles. The Morgan fingerprint density at radius 3 is 3.06 bits per heavy atom. The molecule has 0 aliphatic carbocycles. The molecule has 0 bridgehead atoms. The Morgan fingerprint density at radius 2 is 2.24 bits per heavy atom. The van der Waals surface area contributed by atoms with Gasteiger partial charge < -0.3 is 4.98 Å². The van der Waals surface area contributed by atoms with E-state index < -0.39 is 0 Å². The van der Waals surface area contributed by atoms with E-state index >= 15 is 0 Å². The Morgan fingerprint density at radius 1 is 1.35 bits per heavy atom. The van der Waals surface area contributed by atoms with Crippen LogP contribution in [-0.4, -0.2) is 9.97 Å². The summed E-state index contributed by atoms with van der Waals surface area (Å²) in [5.41, 5.74) is 4.79. The lowest BCUT2D eigenvalue weighted by Gasteiger charge is -2.05. The molecule has 0 unspecified atom stereocenters. The SMILES string of the molecule is Cc1cccc(-c2nc(=S)c3c([nH]2)CSC3)c1. The second-order valence-corrected chi connectivity index (χ2v) is 5.58. The topological polar surface area (TPSA) is 28.7 Å². The summed E-state index contributed by atoms with van der Waals surface area (Å²) in [6.45, 7) is 2.08. The minimum absolute atomic E-state index is 0.750. The highest BCUT2D eigenvalue weighted by Gasteiger charge is 2.15. The molecule has 0 amide bonds. The highest BCUT2D eigenvalue weighted by atomic mass is 32.2. The molecule has 0 radical (unpaired) electrons. The minimum Gasteiger partial charge on any atom is -0.342 e. The molecule has 0 saturated carbocycles. The van der Waals surface area contributed by atoms with E-state index in [1.165, 1.54) is 16.8 Å². The van der Waals surface area contributed by atoms with Gasteiger partial charge in [-0.1, -0.05) is 36.0 Å². The lowest BCUT2D eigenvalue weighted by Crippen LogP contribution is -1.97. The predicted octanol–water partition coefficient (Wildman–Crippen LogP) is 3.86. The van der Waals surface area contributed by atoms with Gasteiger partial charge >= 0.3 is 0 Å². The van der Waals surface area contributed by atoms with Crippen LogP contribution in [0.3, 0.4) is 0 Å². The molecule has 17 heavy (non-hydrogen) atoms. The van der Waals surface area contributed by atoms with Crippen molar-refractivity contribution in [1.29, 1.82) is 0 Å². The van der Waals surface area contributed by atoms with Crippen molar-refractivity contribution in [3.63, 3.8) is 0 Å². The van der Waals surface area contributed by atoms with Gasteiger partial charge in [0.25, 0.3) is 0 Å². The Hall–Kier alpha value is -1.13. The second kappa shape index (κ2) is 4.27. The van der Waals surface area contributed by atoms with Gasteiger partial charge in [0.15, 0.2) is 0 Å². The molecule has 3 rings (SSSR count). The van der Waals surface area contributed by atoms with Crippen molar-refractivity contribution < 1.29 is 0 Å². The predicted molar refractivity (Wildman–Crippen MR) is 74.6 cm³/mol. The van der Waals surface area contributed by atoms with Gasteiger partial charge in [-0.15, -0.1) is 0 Å². The summed E-state index contributed by atoms with van der Waals surface area (Å²) in [5, 5.41) is 0. The first-order chi connectivity index (χ1) is 8.24. The first-order valence-electron chi connectivity index (χ1n) is 5.51. The third-order valence-electron chi connectivity index (χ3n) is 2.89. The number of H-pyrrole nitrogens is 1. The number of thioether (sulfide) groups is 1. The van der Waals surface area contributed by atoms with E-state index in [1.807, 2.05) is 17.8 Å². The number of hydrogen-bond acceptors (Lipinski definition) is 3. The number of aromatic nitrogens is 2. The molecule has 1 N–H and O–H groups in total. The number of benzene rings is 1. The summed E-state index contributed by atoms with van der Waals surface area (Å²) in [6.07, 6.45) is 0. The number of aromatic amines is 1. The van der Waals surface area contributed by atoms with E-state index in [0.717, 1.165) is 27.5 Å². The molecule has 0 spiro atoms. The summed E-state index contributed by atoms with van der Waals surface area (Å²) in [7, 11) is 0. The smallest absolute Gasteiger partial charge is 0.139 e. The maximum absolute atomic E-state index is 5.35. The highest BCUT2D eigenvalue weighted by Crippen LogP contribution is 2.30. The fourth-order valence-corrected chi connectivity index (χ4v) is 3.45. The van der Waals surface area contributed by atoms with Crippen LogP contribution in [0.5, 0.6) is 0 Å². The number of rotatable bonds is 1. The summed E-state index contributed by atoms with van der Waals surface area (Å²) in [6, 6.07) is 8.32. The van der Waals surface area contributed by atoms with Crippen molar-refractivity contribution in [3.8, 4) is 11.4 Å². The van der Waals surface area contributed by atoms with E-state index in [-0.39, 0.29) is 0 Å². The lowest BCUT2D eigenvalue weighted by molar-refractivity contribution is 1.06. The molecule has 0 atom stereocenters. The van der Waals surface area contributed by atoms with E-state index in [2.05, 4.69) is 35.1 Å². The summed E-state index contributed by atoms with van der Waals surface area (Å²) < 4.78 is 0.750. The largest absolute Gasteiger partial charge is 0.342 e. The third kappa shape index (κ3) is 2.03. The quantitative estimate of drug-likeness (QED) is 0.789. The van der Waals surface area contributed by atoms with Crippen LogP contribution >= 0.6 is 24.0 Å². The molecular formula is C13H12N2S2. The maximum atomic E-state index is 5.35. The average molecular weight is 260 g/mol. The van der Waals surface area contributed by atoms with E-state index in [0.29, 0.717) is 0 Å². The normalized spacial score (nSPS) is 13.7. The molecule has 4 heteroatoms. The number of hydrogen-bond donors (Lipinski definition) is 1. The van der Waals surface area contributed by atoms with Crippen LogP contribution in [0.25, 0.3) is 11.4 Å². The number of aryl methyl sites for hydroxylation is 1. The number of nitrogens with zero attached hydrogens (tertiary/aromatic N) is 1. The van der Waals surface area contributed by atoms with Crippen molar-refractivity contribution in [2.75, 3.05) is 0 Å². The van der Waals surface area contributed by atoms with E-state index in [1.54, 1.807) is 0 Å². The van der Waals surface area contributed by atoms with Gasteiger partial charge in [-0.2, -0.15) is 11.8 Å². The van der Waals surface area contributed by atoms with Gasteiger partial charge in [-0.05, 0) is 13.0 Å². The fourth-order valence-electron chi connectivity index (χ4n) is 2.00. The van der Waals surface area contributed by atoms with Gasteiger partial charge in [0.2, 0.25) is 0 Å². The van der Waals surface area contributed by atoms with Crippen LogP contribution in [0.4, 0.5) is 0 Å². The summed E-state index contributed by atoms with van der Waals surface area (Å²) in [5.74, 6) is 2.89. The van der Waals surface area contributed by atoms with Crippen LogP contribution in [0, 0.1) is 11.6 Å². The van der Waals surface area contributed by atoms with Gasteiger partial charge in [0, 0.05) is 28.3 Å². The first kappa shape index (κ1) is 11.0. The molecular weight excluding hydrogens is 248 g/mol. The number of fused-ring (bicyclic) bond motifs is 1. The Balaban J connectivity index is 2.16. The zero-order chi connectivity index (χ0) is 11.8. The average Bonchev–Trinajstić information content (AvgIpc) is 2.77. The van der Waals surface area contributed by atoms with Crippen LogP contribution < -0.4 is 0 Å². The monoisotopic (exact) mass is 260 g/mol. The molecule has 0 saturated heterocycles. The molecule has 0 fully saturated rings. The molecule has 1 aromatic heterocycles. The van der Waals surface area contributed by atoms with Gasteiger partial charge in [0.1, 0.15) is 10.5 Å². The molecule has 2 nitrogen and oxygen atoms in total. The molecule has 1 aromatic carbocycles. The van der Waals surface area contributed by atoms with Crippen molar-refractivity contribution in [2.45, 2.75) is 18.4 Å². The second-order valence-electron chi connectivity index (χ2n) is 4.21. The van der Waals surface area contributed by atoms with E-state index in [9.17, 15) is 0 Å². The van der Waals surface area contributed by atoms with Crippen LogP contribution in [0.1, 0.15) is 16.8 Å². The van der Waals surface area contributed by atoms with Crippen molar-refractivity contribution in [3.05, 3.63) is 45.7 Å². The number of nitrogens with one attached hydrogen (secondary N) is 1. The molecule has 2 aromatic rings. The summed E-state index contributed by atoms with van der Waals surface area (Å²) in [4.78, 5) is 7.91. The first-order valence-corrected chi connectivity index (χ1v) is 7.07. The van der Waals surface area contributed by atoms with Crippen molar-refractivity contribution in [2.24, 2.45) is 0 Å². The molecule has 2 heterocycles. The zero-order valence-corrected chi connectivity index (χ0v) is 11.1. The standard InChI is InChI=1S/C13H12N2S2/c1-8-3-2-4-9(5-8)12-14-11-7-17-6-10(11)13(16)15-12/h2-5H,6-7H2,1H3,(H,14,15,16). The van der Waals surface area contributed by atoms with E-state index in [4.69, 9.17) is 12.2 Å². The van der Waals surface area contributed by atoms with Crippen LogP contribution in [0.15, 0.2) is 24.3 Å². The maximum Gasteiger partial charge on any atom is 0.139 e. The van der Waals surface area contributed by atoms with Gasteiger partial charge in [0.05, 0.1) is 0 Å². The van der Waals surface area contributed by atoms with Crippen LogP contribution in [0.2, 0.25) is 0 Å².